The highest BCUT2D eigenvalue weighted by Crippen LogP contribution is 2.33. The van der Waals surface area contributed by atoms with Crippen LogP contribution in [0.3, 0.4) is 0 Å². The predicted molar refractivity (Wildman–Crippen MR) is 121 cm³/mol. The lowest BCUT2D eigenvalue weighted by Crippen LogP contribution is -2.30. The van der Waals surface area contributed by atoms with Crippen LogP contribution in [0.2, 0.25) is 0 Å². The zero-order chi connectivity index (χ0) is 23.0. The van der Waals surface area contributed by atoms with E-state index in [1.807, 2.05) is 26.0 Å². The molecule has 1 heterocycles. The molecule has 1 N–H and O–H groups in total. The van der Waals surface area contributed by atoms with Crippen molar-refractivity contribution in [1.82, 2.24) is 0 Å². The monoisotopic (exact) mass is 430 g/mol. The maximum absolute atomic E-state index is 13.1. The molecule has 0 unspecified atom stereocenters. The molecule has 0 saturated heterocycles. The number of methoxy groups -OCH3 is 2. The number of fused-ring (bicyclic) bond motifs is 1. The highest BCUT2D eigenvalue weighted by Gasteiger charge is 2.37. The number of imide groups is 1. The molecule has 32 heavy (non-hydrogen) atoms. The second-order valence-electron chi connectivity index (χ2n) is 7.52. The fourth-order valence-electron chi connectivity index (χ4n) is 3.76. The molecule has 4 rings (SSSR count). The Morgan fingerprint density at radius 3 is 2.28 bits per heavy atom. The molecule has 0 aliphatic carbocycles. The van der Waals surface area contributed by atoms with Gasteiger partial charge < -0.3 is 14.8 Å². The number of amides is 3. The van der Waals surface area contributed by atoms with Crippen molar-refractivity contribution in [1.29, 1.82) is 0 Å². The number of ether oxygens (including phenoxy) is 2. The summed E-state index contributed by atoms with van der Waals surface area (Å²) in [5.74, 6) is -0.277. The molecule has 0 fully saturated rings. The first-order valence-corrected chi connectivity index (χ1v) is 9.97. The molecule has 0 radical (unpaired) electrons. The number of carbonyl (C=O) groups excluding carboxylic acids is 3. The highest BCUT2D eigenvalue weighted by molar-refractivity contribution is 6.35. The van der Waals surface area contributed by atoms with Crippen LogP contribution in [0.25, 0.3) is 0 Å². The van der Waals surface area contributed by atoms with Gasteiger partial charge in [-0.05, 0) is 55.8 Å². The maximum Gasteiger partial charge on any atom is 0.266 e. The number of hydrogen-bond acceptors (Lipinski definition) is 5. The lowest BCUT2D eigenvalue weighted by atomic mass is 10.1. The minimum absolute atomic E-state index is 0.195. The van der Waals surface area contributed by atoms with Crippen LogP contribution in [-0.2, 0) is 0 Å². The molecule has 7 nitrogen and oxygen atoms in total. The van der Waals surface area contributed by atoms with Crippen molar-refractivity contribution in [3.8, 4) is 11.5 Å². The maximum atomic E-state index is 13.1. The summed E-state index contributed by atoms with van der Waals surface area (Å²) in [7, 11) is 3.02. The fraction of sp³-hybridized carbons (Fsp3) is 0.160. The number of anilines is 2. The standard InChI is InChI=1S/C25H22N2O5/c1-14-5-9-21(15(2)11-14)27-24(29)18-8-6-16(12-19(18)25(27)30)23(28)26-20-13-17(31-3)7-10-22(20)32-4/h5-13H,1-4H3,(H,26,28). The number of rotatable bonds is 5. The Morgan fingerprint density at radius 1 is 0.844 bits per heavy atom. The van der Waals surface area contributed by atoms with Gasteiger partial charge in [0.25, 0.3) is 17.7 Å². The van der Waals surface area contributed by atoms with E-state index in [4.69, 9.17) is 9.47 Å². The van der Waals surface area contributed by atoms with Crippen molar-refractivity contribution in [3.63, 3.8) is 0 Å². The summed E-state index contributed by atoms with van der Waals surface area (Å²) in [4.78, 5) is 40.1. The summed E-state index contributed by atoms with van der Waals surface area (Å²) in [5.41, 5.74) is 3.53. The summed E-state index contributed by atoms with van der Waals surface area (Å²) in [6, 6.07) is 15.0. The van der Waals surface area contributed by atoms with Crippen molar-refractivity contribution in [3.05, 3.63) is 82.4 Å². The molecule has 3 amide bonds. The summed E-state index contributed by atoms with van der Waals surface area (Å²) >= 11 is 0. The normalized spacial score (nSPS) is 12.6. The van der Waals surface area contributed by atoms with Gasteiger partial charge in [0.2, 0.25) is 0 Å². The van der Waals surface area contributed by atoms with Crippen LogP contribution >= 0.6 is 0 Å². The van der Waals surface area contributed by atoms with Gasteiger partial charge in [0, 0.05) is 11.6 Å². The molecule has 3 aromatic carbocycles. The number of nitrogens with zero attached hydrogens (tertiary/aromatic N) is 1. The first kappa shape index (κ1) is 21.1. The van der Waals surface area contributed by atoms with Crippen molar-refractivity contribution in [2.24, 2.45) is 0 Å². The predicted octanol–water partition coefficient (Wildman–Crippen LogP) is 4.37. The van der Waals surface area contributed by atoms with Gasteiger partial charge in [-0.15, -0.1) is 0 Å². The first-order valence-electron chi connectivity index (χ1n) is 9.97. The zero-order valence-corrected chi connectivity index (χ0v) is 18.2. The first-order chi connectivity index (χ1) is 15.3. The van der Waals surface area contributed by atoms with Gasteiger partial charge in [-0.2, -0.15) is 0 Å². The average molecular weight is 430 g/mol. The highest BCUT2D eigenvalue weighted by atomic mass is 16.5. The molecule has 0 bridgehead atoms. The Kier molecular flexibility index (Phi) is 5.40. The quantitative estimate of drug-likeness (QED) is 0.608. The van der Waals surface area contributed by atoms with Crippen LogP contribution in [0.4, 0.5) is 11.4 Å². The van der Waals surface area contributed by atoms with Crippen LogP contribution in [0.1, 0.15) is 42.2 Å². The van der Waals surface area contributed by atoms with E-state index >= 15 is 0 Å². The van der Waals surface area contributed by atoms with Crippen LogP contribution in [0, 0.1) is 13.8 Å². The Hall–Kier alpha value is -4.13. The second kappa shape index (κ2) is 8.19. The topological polar surface area (TPSA) is 84.9 Å². The smallest absolute Gasteiger partial charge is 0.266 e. The zero-order valence-electron chi connectivity index (χ0n) is 18.2. The molecular formula is C25H22N2O5. The van der Waals surface area contributed by atoms with Crippen LogP contribution in [0.5, 0.6) is 11.5 Å². The number of benzene rings is 3. The van der Waals surface area contributed by atoms with Crippen molar-refractivity contribution in [2.45, 2.75) is 13.8 Å². The Bertz CT molecular complexity index is 1270. The van der Waals surface area contributed by atoms with E-state index in [1.54, 1.807) is 24.3 Å². The lowest BCUT2D eigenvalue weighted by Gasteiger charge is -2.16. The average Bonchev–Trinajstić information content (AvgIpc) is 3.03. The molecule has 0 aromatic heterocycles. The SMILES string of the molecule is COc1ccc(OC)c(NC(=O)c2ccc3c(c2)C(=O)N(c2ccc(C)cc2C)C3=O)c1. The van der Waals surface area contributed by atoms with Gasteiger partial charge in [-0.1, -0.05) is 17.7 Å². The molecule has 0 atom stereocenters. The molecule has 1 aliphatic rings. The Morgan fingerprint density at radius 2 is 1.59 bits per heavy atom. The molecule has 7 heteroatoms. The molecular weight excluding hydrogens is 408 g/mol. The van der Waals surface area contributed by atoms with E-state index in [9.17, 15) is 14.4 Å². The second-order valence-corrected chi connectivity index (χ2v) is 7.52. The minimum atomic E-state index is -0.453. The summed E-state index contributed by atoms with van der Waals surface area (Å²) in [6.45, 7) is 3.80. The van der Waals surface area contributed by atoms with E-state index in [0.717, 1.165) is 16.0 Å². The molecule has 3 aromatic rings. The summed E-state index contributed by atoms with van der Waals surface area (Å²) in [5, 5.41) is 2.77. The van der Waals surface area contributed by atoms with E-state index in [2.05, 4.69) is 5.32 Å². The third kappa shape index (κ3) is 3.58. The van der Waals surface area contributed by atoms with Crippen molar-refractivity contribution >= 4 is 29.1 Å². The third-order valence-electron chi connectivity index (χ3n) is 5.40. The Balaban J connectivity index is 1.65. The van der Waals surface area contributed by atoms with E-state index in [-0.39, 0.29) is 16.7 Å². The van der Waals surface area contributed by atoms with Crippen molar-refractivity contribution in [2.75, 3.05) is 24.4 Å². The van der Waals surface area contributed by atoms with Gasteiger partial charge in [-0.25, -0.2) is 4.90 Å². The van der Waals surface area contributed by atoms with Gasteiger partial charge >= 0.3 is 0 Å². The molecule has 0 spiro atoms. The Labute approximate surface area is 185 Å². The van der Waals surface area contributed by atoms with Gasteiger partial charge in [0.1, 0.15) is 11.5 Å². The lowest BCUT2D eigenvalue weighted by molar-refractivity contribution is 0.0925. The van der Waals surface area contributed by atoms with E-state index in [1.165, 1.54) is 32.4 Å². The molecule has 162 valence electrons. The number of aryl methyl sites for hydroxylation is 2. The number of carbonyl (C=O) groups is 3. The van der Waals surface area contributed by atoms with E-state index < -0.39 is 17.7 Å². The minimum Gasteiger partial charge on any atom is -0.497 e. The molecule has 0 saturated carbocycles. The largest absolute Gasteiger partial charge is 0.497 e. The third-order valence-corrected chi connectivity index (χ3v) is 5.40. The molecule has 1 aliphatic heterocycles. The van der Waals surface area contributed by atoms with Gasteiger partial charge in [0.05, 0.1) is 36.7 Å². The van der Waals surface area contributed by atoms with Crippen LogP contribution in [0.15, 0.2) is 54.6 Å². The van der Waals surface area contributed by atoms with Gasteiger partial charge in [0.15, 0.2) is 0 Å². The summed E-state index contributed by atoms with van der Waals surface area (Å²) in [6.07, 6.45) is 0. The van der Waals surface area contributed by atoms with Gasteiger partial charge in [-0.3, -0.25) is 14.4 Å². The van der Waals surface area contributed by atoms with E-state index in [0.29, 0.717) is 22.9 Å². The van der Waals surface area contributed by atoms with Crippen molar-refractivity contribution < 1.29 is 23.9 Å². The fourth-order valence-corrected chi connectivity index (χ4v) is 3.76. The summed E-state index contributed by atoms with van der Waals surface area (Å²) < 4.78 is 10.5. The van der Waals surface area contributed by atoms with Crippen LogP contribution < -0.4 is 19.7 Å². The number of hydrogen-bond donors (Lipinski definition) is 1. The van der Waals surface area contributed by atoms with Crippen LogP contribution in [-0.4, -0.2) is 31.9 Å². The number of nitrogens with one attached hydrogen (secondary N) is 1.